The van der Waals surface area contributed by atoms with Gasteiger partial charge in [0.25, 0.3) is 5.91 Å². The van der Waals surface area contributed by atoms with Gasteiger partial charge >= 0.3 is 6.09 Å². The summed E-state index contributed by atoms with van der Waals surface area (Å²) in [7, 11) is -3.73. The van der Waals surface area contributed by atoms with Gasteiger partial charge in [0.15, 0.2) is 0 Å². The Morgan fingerprint density at radius 1 is 1.26 bits per heavy atom. The molecule has 9 nitrogen and oxygen atoms in total. The summed E-state index contributed by atoms with van der Waals surface area (Å²) in [6.45, 7) is 11.1. The molecule has 1 fully saturated rings. The topological polar surface area (TPSA) is 120 Å². The van der Waals surface area contributed by atoms with E-state index in [1.807, 2.05) is 40.7 Å². The lowest BCUT2D eigenvalue weighted by Crippen LogP contribution is -2.48. The third kappa shape index (κ3) is 7.99. The Morgan fingerprint density at radius 2 is 1.91 bits per heavy atom. The third-order valence-corrected chi connectivity index (χ3v) is 6.93. The first-order valence-electron chi connectivity index (χ1n) is 11.6. The van der Waals surface area contributed by atoms with E-state index in [2.05, 4.69) is 4.72 Å². The maximum absolute atomic E-state index is 13.1. The van der Waals surface area contributed by atoms with Crippen molar-refractivity contribution < 1.29 is 22.7 Å². The van der Waals surface area contributed by atoms with Crippen LogP contribution in [0.15, 0.2) is 29.2 Å². The molecule has 1 atom stereocenters. The van der Waals surface area contributed by atoms with Gasteiger partial charge in [-0.3, -0.25) is 4.79 Å². The molecule has 1 saturated heterocycles. The first-order chi connectivity index (χ1) is 15.8. The van der Waals surface area contributed by atoms with Crippen LogP contribution in [0.3, 0.4) is 0 Å². The van der Waals surface area contributed by atoms with Crippen LogP contribution in [0.5, 0.6) is 0 Å². The van der Waals surface area contributed by atoms with Gasteiger partial charge in [-0.05, 0) is 77.6 Å². The number of hydrogen-bond acceptors (Lipinski definition) is 6. The Morgan fingerprint density at radius 3 is 2.47 bits per heavy atom. The number of rotatable bonds is 8. The smallest absolute Gasteiger partial charge is 0.410 e. The molecule has 0 aliphatic carbocycles. The van der Waals surface area contributed by atoms with Crippen molar-refractivity contribution in [3.8, 4) is 6.07 Å². The summed E-state index contributed by atoms with van der Waals surface area (Å²) in [5.41, 5.74) is -0.173. The zero-order valence-corrected chi connectivity index (χ0v) is 21.5. The van der Waals surface area contributed by atoms with E-state index < -0.39 is 15.6 Å². The molecular formula is C24H36N4O5S. The highest BCUT2D eigenvalue weighted by Crippen LogP contribution is 2.22. The van der Waals surface area contributed by atoms with Gasteiger partial charge in [-0.25, -0.2) is 17.9 Å². The quantitative estimate of drug-likeness (QED) is 0.556. The van der Waals surface area contributed by atoms with E-state index in [1.165, 1.54) is 24.3 Å². The van der Waals surface area contributed by atoms with Crippen LogP contribution in [0.2, 0.25) is 0 Å². The normalized spacial score (nSPS) is 16.7. The molecule has 1 heterocycles. The first kappa shape index (κ1) is 27.6. The van der Waals surface area contributed by atoms with Gasteiger partial charge in [0.2, 0.25) is 10.0 Å². The number of carbonyl (C=O) groups excluding carboxylic acids is 2. The summed E-state index contributed by atoms with van der Waals surface area (Å²) in [4.78, 5) is 29.3. The second-order valence-corrected chi connectivity index (χ2v) is 11.6. The van der Waals surface area contributed by atoms with Crippen molar-refractivity contribution in [2.24, 2.45) is 5.92 Å². The fourth-order valence-electron chi connectivity index (χ4n) is 3.78. The van der Waals surface area contributed by atoms with Crippen molar-refractivity contribution in [3.63, 3.8) is 0 Å². The highest BCUT2D eigenvalue weighted by atomic mass is 32.2. The number of benzene rings is 1. The Bertz CT molecular complexity index is 994. The van der Waals surface area contributed by atoms with Crippen LogP contribution >= 0.6 is 0 Å². The number of nitrogens with one attached hydrogen (secondary N) is 1. The lowest BCUT2D eigenvalue weighted by Gasteiger charge is -2.37. The molecule has 1 N–H and O–H groups in total. The number of sulfonamides is 1. The van der Waals surface area contributed by atoms with E-state index in [-0.39, 0.29) is 41.8 Å². The van der Waals surface area contributed by atoms with Crippen LogP contribution < -0.4 is 4.72 Å². The Hall–Kier alpha value is -2.64. The molecule has 188 valence electrons. The van der Waals surface area contributed by atoms with Gasteiger partial charge in [0.05, 0.1) is 11.0 Å². The van der Waals surface area contributed by atoms with Crippen molar-refractivity contribution in [2.75, 3.05) is 26.2 Å². The number of amides is 2. The SMILES string of the molecule is CC(C)N(CC1CCCN(C(=O)c2ccc(S(=O)(=O)NCCC#N)cc2)C1)C(=O)OC(C)(C)C. The average Bonchev–Trinajstić information content (AvgIpc) is 2.76. The van der Waals surface area contributed by atoms with Gasteiger partial charge < -0.3 is 14.5 Å². The van der Waals surface area contributed by atoms with Crippen LogP contribution in [0.1, 0.15) is 64.2 Å². The molecule has 2 amide bonds. The number of hydrogen-bond donors (Lipinski definition) is 1. The van der Waals surface area contributed by atoms with Crippen molar-refractivity contribution >= 4 is 22.0 Å². The predicted molar refractivity (Wildman–Crippen MR) is 129 cm³/mol. The molecule has 10 heteroatoms. The summed E-state index contributed by atoms with van der Waals surface area (Å²) >= 11 is 0. The van der Waals surface area contributed by atoms with Gasteiger partial charge in [-0.2, -0.15) is 5.26 Å². The highest BCUT2D eigenvalue weighted by Gasteiger charge is 2.30. The van der Waals surface area contributed by atoms with Crippen molar-refractivity contribution in [1.29, 1.82) is 5.26 Å². The number of nitrogens with zero attached hydrogens (tertiary/aromatic N) is 3. The lowest BCUT2D eigenvalue weighted by molar-refractivity contribution is 0.0124. The summed E-state index contributed by atoms with van der Waals surface area (Å²) in [5, 5.41) is 8.57. The largest absolute Gasteiger partial charge is 0.444 e. The Kier molecular flexibility index (Phi) is 9.47. The summed E-state index contributed by atoms with van der Waals surface area (Å²) in [5.74, 6) is -0.0453. The molecule has 1 unspecified atom stereocenters. The van der Waals surface area contributed by atoms with E-state index in [9.17, 15) is 18.0 Å². The first-order valence-corrected chi connectivity index (χ1v) is 13.1. The van der Waals surface area contributed by atoms with Gasteiger partial charge in [-0.15, -0.1) is 0 Å². The molecular weight excluding hydrogens is 456 g/mol. The van der Waals surface area contributed by atoms with Crippen molar-refractivity contribution in [1.82, 2.24) is 14.5 Å². The van der Waals surface area contributed by atoms with Gasteiger partial charge in [0.1, 0.15) is 5.60 Å². The number of nitriles is 1. The Balaban J connectivity index is 2.04. The molecule has 0 radical (unpaired) electrons. The van der Waals surface area contributed by atoms with Crippen LogP contribution in [-0.2, 0) is 14.8 Å². The minimum Gasteiger partial charge on any atom is -0.444 e. The van der Waals surface area contributed by atoms with Crippen LogP contribution in [-0.4, -0.2) is 68.0 Å². The maximum atomic E-state index is 13.1. The fourth-order valence-corrected chi connectivity index (χ4v) is 4.81. The molecule has 0 spiro atoms. The van der Waals surface area contributed by atoms with Crippen LogP contribution in [0.4, 0.5) is 4.79 Å². The van der Waals surface area contributed by atoms with Gasteiger partial charge in [-0.1, -0.05) is 0 Å². The summed E-state index contributed by atoms with van der Waals surface area (Å²) in [6, 6.07) is 7.66. The molecule has 34 heavy (non-hydrogen) atoms. The van der Waals surface area contributed by atoms with Crippen molar-refractivity contribution in [3.05, 3.63) is 29.8 Å². The second-order valence-electron chi connectivity index (χ2n) is 9.82. The summed E-state index contributed by atoms with van der Waals surface area (Å²) in [6.07, 6.45) is 1.45. The number of piperidine rings is 1. The van der Waals surface area contributed by atoms with E-state index in [0.717, 1.165) is 12.8 Å². The maximum Gasteiger partial charge on any atom is 0.410 e. The standard InChI is InChI=1S/C24H36N4O5S/c1-18(2)28(23(30)33-24(3,4)5)17-19-8-6-15-27(16-19)22(29)20-9-11-21(12-10-20)34(31,32)26-14-7-13-25/h9-12,18-19,26H,6-8,14-17H2,1-5H3. The zero-order chi connectivity index (χ0) is 25.5. The molecule has 1 aliphatic heterocycles. The number of carbonyl (C=O) groups is 2. The zero-order valence-electron chi connectivity index (χ0n) is 20.7. The minimum atomic E-state index is -3.73. The molecule has 1 aromatic carbocycles. The summed E-state index contributed by atoms with van der Waals surface area (Å²) < 4.78 is 32.5. The highest BCUT2D eigenvalue weighted by molar-refractivity contribution is 7.89. The lowest BCUT2D eigenvalue weighted by atomic mass is 9.96. The molecule has 2 rings (SSSR count). The van der Waals surface area contributed by atoms with E-state index in [1.54, 1.807) is 9.80 Å². The third-order valence-electron chi connectivity index (χ3n) is 5.45. The van der Waals surface area contributed by atoms with E-state index in [0.29, 0.717) is 25.2 Å². The number of ether oxygens (including phenoxy) is 1. The molecule has 1 aromatic rings. The predicted octanol–water partition coefficient (Wildman–Crippen LogP) is 3.38. The molecule has 0 aromatic heterocycles. The van der Waals surface area contributed by atoms with E-state index >= 15 is 0 Å². The van der Waals surface area contributed by atoms with Crippen LogP contribution in [0.25, 0.3) is 0 Å². The molecule has 1 aliphatic rings. The van der Waals surface area contributed by atoms with Gasteiger partial charge in [0, 0.05) is 44.2 Å². The Labute approximate surface area is 203 Å². The van der Waals surface area contributed by atoms with E-state index in [4.69, 9.17) is 10.00 Å². The molecule has 0 bridgehead atoms. The molecule has 0 saturated carbocycles. The minimum absolute atomic E-state index is 0.0304. The second kappa shape index (κ2) is 11.7. The number of likely N-dealkylation sites (tertiary alicyclic amines) is 1. The average molecular weight is 493 g/mol. The fraction of sp³-hybridized carbons (Fsp3) is 0.625. The van der Waals surface area contributed by atoms with Crippen molar-refractivity contribution in [2.45, 2.75) is 70.4 Å². The monoisotopic (exact) mass is 492 g/mol. The van der Waals surface area contributed by atoms with Crippen LogP contribution in [0, 0.1) is 17.2 Å².